The van der Waals surface area contributed by atoms with Crippen LogP contribution >= 0.6 is 0 Å². The second-order valence-corrected chi connectivity index (χ2v) is 2.16. The molecule has 10 heavy (non-hydrogen) atoms. The van der Waals surface area contributed by atoms with Gasteiger partial charge in [-0.25, -0.2) is 9.67 Å². The van der Waals surface area contributed by atoms with Crippen LogP contribution in [0.25, 0.3) is 0 Å². The molecule has 1 aromatic rings. The summed E-state index contributed by atoms with van der Waals surface area (Å²) in [6, 6.07) is 1.76. The van der Waals surface area contributed by atoms with E-state index < -0.39 is 6.23 Å². The maximum Gasteiger partial charge on any atom is 0.154 e. The quantitative estimate of drug-likeness (QED) is 0.565. The fraction of sp³-hybridized carbons (Fsp3) is 0.333. The minimum atomic E-state index is -0.525. The van der Waals surface area contributed by atoms with Crippen LogP contribution in [0.1, 0.15) is 12.6 Å². The predicted molar refractivity (Wildman–Crippen MR) is 36.3 cm³/mol. The van der Waals surface area contributed by atoms with E-state index in [1.165, 1.54) is 4.68 Å². The zero-order valence-electron chi connectivity index (χ0n) is 5.31. The van der Waals surface area contributed by atoms with Crippen molar-refractivity contribution in [2.75, 3.05) is 0 Å². The average molecular weight is 137 g/mol. The van der Waals surface area contributed by atoms with Gasteiger partial charge in [0.2, 0.25) is 0 Å². The van der Waals surface area contributed by atoms with E-state index in [2.05, 4.69) is 10.1 Å². The summed E-state index contributed by atoms with van der Waals surface area (Å²) in [6.07, 6.45) is 3.35. The fourth-order valence-electron chi connectivity index (χ4n) is 0.980. The molecule has 0 bridgehead atoms. The van der Waals surface area contributed by atoms with Crippen LogP contribution in [-0.2, 0) is 0 Å². The zero-order chi connectivity index (χ0) is 6.97. The highest BCUT2D eigenvalue weighted by atomic mass is 16.3. The van der Waals surface area contributed by atoms with Crippen molar-refractivity contribution in [3.05, 3.63) is 12.3 Å². The lowest BCUT2D eigenvalue weighted by Crippen LogP contribution is -2.12. The van der Waals surface area contributed by atoms with Crippen LogP contribution in [0.4, 0.5) is 5.82 Å². The van der Waals surface area contributed by atoms with Crippen molar-refractivity contribution in [2.45, 2.75) is 12.6 Å². The van der Waals surface area contributed by atoms with Crippen molar-refractivity contribution in [1.82, 2.24) is 9.78 Å². The summed E-state index contributed by atoms with van der Waals surface area (Å²) in [5.74, 6) is 0.721. The summed E-state index contributed by atoms with van der Waals surface area (Å²) < 4.78 is 1.50. The Morgan fingerprint density at radius 2 is 2.60 bits per heavy atom. The van der Waals surface area contributed by atoms with E-state index in [1.54, 1.807) is 18.5 Å². The molecule has 0 amide bonds. The molecule has 52 valence electrons. The monoisotopic (exact) mass is 137 g/mol. The topological polar surface area (TPSA) is 50.4 Å². The van der Waals surface area contributed by atoms with Crippen molar-refractivity contribution in [3.8, 4) is 0 Å². The molecule has 0 radical (unpaired) electrons. The predicted octanol–water partition coefficient (Wildman–Crippen LogP) is 0.480. The zero-order valence-corrected chi connectivity index (χ0v) is 5.31. The van der Waals surface area contributed by atoms with E-state index in [9.17, 15) is 5.11 Å². The lowest BCUT2D eigenvalue weighted by molar-refractivity contribution is 0.0988. The van der Waals surface area contributed by atoms with E-state index in [1.807, 2.05) is 0 Å². The molecule has 1 atom stereocenters. The number of aliphatic hydroxyl groups excluding tert-OH is 1. The molecule has 1 aromatic heterocycles. The second-order valence-electron chi connectivity index (χ2n) is 2.16. The Morgan fingerprint density at radius 1 is 1.70 bits per heavy atom. The van der Waals surface area contributed by atoms with Crippen LogP contribution in [0.15, 0.2) is 17.3 Å². The largest absolute Gasteiger partial charge is 0.371 e. The van der Waals surface area contributed by atoms with Gasteiger partial charge in [-0.1, -0.05) is 0 Å². The maximum absolute atomic E-state index is 9.26. The van der Waals surface area contributed by atoms with Crippen LogP contribution in [0.3, 0.4) is 0 Å². The molecule has 0 spiro atoms. The average Bonchev–Trinajstić information content (AvgIpc) is 2.36. The first-order valence-electron chi connectivity index (χ1n) is 3.12. The highest BCUT2D eigenvalue weighted by Crippen LogP contribution is 2.20. The minimum absolute atomic E-state index is 0.525. The third-order valence-electron chi connectivity index (χ3n) is 1.47. The molecule has 0 aromatic carbocycles. The van der Waals surface area contributed by atoms with Gasteiger partial charge in [-0.2, -0.15) is 5.10 Å². The molecule has 2 heterocycles. The van der Waals surface area contributed by atoms with E-state index in [0.717, 1.165) is 5.82 Å². The van der Waals surface area contributed by atoms with Crippen LogP contribution in [0.2, 0.25) is 0 Å². The molecule has 0 saturated heterocycles. The first kappa shape index (κ1) is 5.61. The molecular weight excluding hydrogens is 130 g/mol. The van der Waals surface area contributed by atoms with Gasteiger partial charge in [0.25, 0.3) is 0 Å². The van der Waals surface area contributed by atoms with Crippen molar-refractivity contribution >= 4 is 12.0 Å². The van der Waals surface area contributed by atoms with Gasteiger partial charge in [-0.05, 0) is 0 Å². The Kier molecular flexibility index (Phi) is 1.07. The SMILES string of the molecule is OC1CC=Nc2ccnn21. The molecule has 1 aliphatic heterocycles. The third-order valence-corrected chi connectivity index (χ3v) is 1.47. The molecule has 2 rings (SSSR count). The number of nitrogens with zero attached hydrogens (tertiary/aromatic N) is 3. The van der Waals surface area contributed by atoms with Gasteiger partial charge in [-0.3, -0.25) is 0 Å². The first-order chi connectivity index (χ1) is 4.88. The number of hydrogen-bond acceptors (Lipinski definition) is 3. The van der Waals surface area contributed by atoms with Gasteiger partial charge in [0.1, 0.15) is 0 Å². The highest BCUT2D eigenvalue weighted by molar-refractivity contribution is 5.63. The number of aromatic nitrogens is 2. The standard InChI is InChI=1S/C6H7N3O/c10-6-2-3-7-5-1-4-8-9(5)6/h1,3-4,6,10H,2H2. The summed E-state index contributed by atoms with van der Waals surface area (Å²) in [4.78, 5) is 4.02. The normalized spacial score (nSPS) is 22.7. The van der Waals surface area contributed by atoms with Crippen LogP contribution < -0.4 is 0 Å². The van der Waals surface area contributed by atoms with E-state index in [0.29, 0.717) is 6.42 Å². The molecule has 1 unspecified atom stereocenters. The van der Waals surface area contributed by atoms with Crippen molar-refractivity contribution in [2.24, 2.45) is 4.99 Å². The fourth-order valence-corrected chi connectivity index (χ4v) is 0.980. The molecule has 1 aliphatic rings. The van der Waals surface area contributed by atoms with E-state index in [4.69, 9.17) is 0 Å². The molecule has 4 heteroatoms. The second kappa shape index (κ2) is 1.91. The Bertz CT molecular complexity index is 266. The van der Waals surface area contributed by atoms with Gasteiger partial charge in [0.15, 0.2) is 12.0 Å². The number of rotatable bonds is 0. The van der Waals surface area contributed by atoms with Gasteiger partial charge in [0, 0.05) is 18.7 Å². The molecule has 0 fully saturated rings. The molecule has 1 N–H and O–H groups in total. The van der Waals surface area contributed by atoms with Crippen LogP contribution in [0.5, 0.6) is 0 Å². The van der Waals surface area contributed by atoms with Crippen molar-refractivity contribution in [3.63, 3.8) is 0 Å². The maximum atomic E-state index is 9.26. The number of aliphatic imine (C=N–C) groups is 1. The Labute approximate surface area is 57.8 Å². The molecule has 0 saturated carbocycles. The smallest absolute Gasteiger partial charge is 0.154 e. The summed E-state index contributed by atoms with van der Waals surface area (Å²) in [7, 11) is 0. The Morgan fingerprint density at radius 3 is 3.40 bits per heavy atom. The third kappa shape index (κ3) is 0.657. The van der Waals surface area contributed by atoms with Crippen molar-refractivity contribution in [1.29, 1.82) is 0 Å². The number of aliphatic hydroxyl groups is 1. The Hall–Kier alpha value is -1.16. The summed E-state index contributed by atoms with van der Waals surface area (Å²) in [5.41, 5.74) is 0. The van der Waals surface area contributed by atoms with Crippen molar-refractivity contribution < 1.29 is 5.11 Å². The van der Waals surface area contributed by atoms with Crippen LogP contribution in [0, 0.1) is 0 Å². The van der Waals surface area contributed by atoms with E-state index in [-0.39, 0.29) is 0 Å². The van der Waals surface area contributed by atoms with Gasteiger partial charge in [-0.15, -0.1) is 0 Å². The number of fused-ring (bicyclic) bond motifs is 1. The van der Waals surface area contributed by atoms with E-state index >= 15 is 0 Å². The Balaban J connectivity index is 2.52. The van der Waals surface area contributed by atoms with Crippen LogP contribution in [-0.4, -0.2) is 21.1 Å². The summed E-state index contributed by atoms with van der Waals surface area (Å²) in [5, 5.41) is 13.2. The molecule has 0 aliphatic carbocycles. The van der Waals surface area contributed by atoms with Gasteiger partial charge < -0.3 is 5.11 Å². The minimum Gasteiger partial charge on any atom is -0.371 e. The lowest BCUT2D eigenvalue weighted by atomic mass is 10.4. The highest BCUT2D eigenvalue weighted by Gasteiger charge is 2.12. The molecule has 4 nitrogen and oxygen atoms in total. The van der Waals surface area contributed by atoms with Gasteiger partial charge >= 0.3 is 0 Å². The van der Waals surface area contributed by atoms with Gasteiger partial charge in [0.05, 0.1) is 6.20 Å². The first-order valence-corrected chi connectivity index (χ1v) is 3.12. The number of hydrogen-bond donors (Lipinski definition) is 1. The summed E-state index contributed by atoms with van der Waals surface area (Å²) >= 11 is 0. The lowest BCUT2D eigenvalue weighted by Gasteiger charge is -2.13. The summed E-state index contributed by atoms with van der Waals surface area (Å²) in [6.45, 7) is 0. The molecular formula is C6H7N3O.